The van der Waals surface area contributed by atoms with Gasteiger partial charge in [0.25, 0.3) is 5.91 Å². The van der Waals surface area contributed by atoms with Crippen LogP contribution >= 0.6 is 11.3 Å². The van der Waals surface area contributed by atoms with Gasteiger partial charge in [-0.3, -0.25) is 4.79 Å². The van der Waals surface area contributed by atoms with E-state index in [4.69, 9.17) is 9.47 Å². The number of imidazole rings is 1. The summed E-state index contributed by atoms with van der Waals surface area (Å²) in [7, 11) is -0.635. The molecule has 2 aromatic heterocycles. The molecule has 0 saturated heterocycles. The predicted octanol–water partition coefficient (Wildman–Crippen LogP) is 3.63. The van der Waals surface area contributed by atoms with Gasteiger partial charge in [-0.25, -0.2) is 13.4 Å². The smallest absolute Gasteiger partial charge is 0.264 e. The Hall–Kier alpha value is -2.69. The van der Waals surface area contributed by atoms with E-state index in [0.717, 1.165) is 12.8 Å². The fraction of sp³-hybridized carbons (Fsp3) is 0.417. The lowest BCUT2D eigenvalue weighted by Crippen LogP contribution is -2.33. The van der Waals surface area contributed by atoms with Crippen LogP contribution in [0.3, 0.4) is 0 Å². The second kappa shape index (κ2) is 10.7. The lowest BCUT2D eigenvalue weighted by Gasteiger charge is -2.23. The SMILES string of the molecule is COCCn1c(CN(CC2CC2)C(=O)c2cccs2)cnc1S(=O)(=O)Cc1cccc(OC)c1. The number of sulfone groups is 1. The first-order valence-electron chi connectivity index (χ1n) is 11.1. The molecular weight excluding hydrogens is 474 g/mol. The highest BCUT2D eigenvalue weighted by atomic mass is 32.2. The molecule has 0 radical (unpaired) electrons. The van der Waals surface area contributed by atoms with Gasteiger partial charge in [0.15, 0.2) is 0 Å². The minimum absolute atomic E-state index is 0.0164. The van der Waals surface area contributed by atoms with E-state index >= 15 is 0 Å². The second-order valence-corrected chi connectivity index (χ2v) is 11.2. The van der Waals surface area contributed by atoms with Crippen molar-refractivity contribution in [3.05, 3.63) is 64.1 Å². The molecule has 0 N–H and O–H groups in total. The van der Waals surface area contributed by atoms with E-state index in [1.807, 2.05) is 22.4 Å². The number of carbonyl (C=O) groups is 1. The van der Waals surface area contributed by atoms with Crippen LogP contribution < -0.4 is 4.74 Å². The first-order valence-corrected chi connectivity index (χ1v) is 13.7. The van der Waals surface area contributed by atoms with Crippen LogP contribution in [0.1, 0.15) is 33.8 Å². The fourth-order valence-electron chi connectivity index (χ4n) is 3.82. The van der Waals surface area contributed by atoms with Gasteiger partial charge in [0.05, 0.1) is 42.8 Å². The summed E-state index contributed by atoms with van der Waals surface area (Å²) >= 11 is 1.41. The van der Waals surface area contributed by atoms with Gasteiger partial charge in [-0.1, -0.05) is 18.2 Å². The molecule has 0 bridgehead atoms. The third-order valence-corrected chi connectivity index (χ3v) is 8.19. The van der Waals surface area contributed by atoms with E-state index in [2.05, 4.69) is 4.98 Å². The number of nitrogens with zero attached hydrogens (tertiary/aromatic N) is 3. The number of rotatable bonds is 12. The molecule has 1 amide bonds. The maximum absolute atomic E-state index is 13.3. The third-order valence-electron chi connectivity index (χ3n) is 5.74. The third kappa shape index (κ3) is 5.86. The van der Waals surface area contributed by atoms with Crippen molar-refractivity contribution in [2.24, 2.45) is 5.92 Å². The van der Waals surface area contributed by atoms with Gasteiger partial charge in [-0.05, 0) is 47.9 Å². The predicted molar refractivity (Wildman–Crippen MR) is 130 cm³/mol. The minimum Gasteiger partial charge on any atom is -0.497 e. The molecule has 1 aliphatic carbocycles. The van der Waals surface area contributed by atoms with Gasteiger partial charge in [-0.2, -0.15) is 0 Å². The first-order chi connectivity index (χ1) is 16.4. The van der Waals surface area contributed by atoms with Crippen molar-refractivity contribution in [2.45, 2.75) is 36.8 Å². The summed E-state index contributed by atoms with van der Waals surface area (Å²) in [5, 5.41) is 1.87. The topological polar surface area (TPSA) is 90.7 Å². The summed E-state index contributed by atoms with van der Waals surface area (Å²) in [6.07, 6.45) is 3.78. The summed E-state index contributed by atoms with van der Waals surface area (Å²) in [4.78, 5) is 19.9. The zero-order valence-corrected chi connectivity index (χ0v) is 21.0. The van der Waals surface area contributed by atoms with Gasteiger partial charge < -0.3 is 18.9 Å². The molecule has 2 heterocycles. The van der Waals surface area contributed by atoms with Crippen LogP contribution in [0, 0.1) is 5.92 Å². The molecule has 34 heavy (non-hydrogen) atoms. The molecule has 1 aliphatic rings. The molecule has 182 valence electrons. The van der Waals surface area contributed by atoms with Crippen LogP contribution in [0.5, 0.6) is 5.75 Å². The normalized spacial score (nSPS) is 13.7. The number of amides is 1. The Bertz CT molecular complexity index is 1220. The monoisotopic (exact) mass is 503 g/mol. The number of ether oxygens (including phenoxy) is 2. The summed E-state index contributed by atoms with van der Waals surface area (Å²) in [6.45, 7) is 1.59. The summed E-state index contributed by atoms with van der Waals surface area (Å²) < 4.78 is 38.8. The van der Waals surface area contributed by atoms with E-state index in [1.54, 1.807) is 49.2 Å². The highest BCUT2D eigenvalue weighted by Gasteiger charge is 2.30. The van der Waals surface area contributed by atoms with Crippen LogP contribution in [0.4, 0.5) is 0 Å². The van der Waals surface area contributed by atoms with Crippen molar-refractivity contribution >= 4 is 27.1 Å². The maximum Gasteiger partial charge on any atom is 0.264 e. The average molecular weight is 504 g/mol. The van der Waals surface area contributed by atoms with Crippen molar-refractivity contribution in [3.63, 3.8) is 0 Å². The van der Waals surface area contributed by atoms with Crippen molar-refractivity contribution < 1.29 is 22.7 Å². The zero-order valence-electron chi connectivity index (χ0n) is 19.3. The van der Waals surface area contributed by atoms with Crippen LogP contribution in [-0.2, 0) is 33.4 Å². The van der Waals surface area contributed by atoms with Gasteiger partial charge >= 0.3 is 0 Å². The van der Waals surface area contributed by atoms with Crippen molar-refractivity contribution in [1.29, 1.82) is 0 Å². The van der Waals surface area contributed by atoms with Crippen LogP contribution in [0.25, 0.3) is 0 Å². The number of aromatic nitrogens is 2. The zero-order chi connectivity index (χ0) is 24.1. The fourth-order valence-corrected chi connectivity index (χ4v) is 6.01. The standard InChI is InChI=1S/C24H29N3O5S2/c1-31-11-10-27-20(16-26(15-18-8-9-18)23(28)22-7-4-12-33-22)14-25-24(27)34(29,30)17-19-5-3-6-21(13-19)32-2/h3-7,12-14,18H,8-11,15-17H2,1-2H3. The van der Waals surface area contributed by atoms with Gasteiger partial charge in [0, 0.05) is 20.2 Å². The molecule has 0 unspecified atom stereocenters. The molecule has 1 aromatic carbocycles. The first kappa shape index (κ1) is 24.4. The number of hydrogen-bond acceptors (Lipinski definition) is 7. The molecule has 8 nitrogen and oxygen atoms in total. The molecule has 0 atom stereocenters. The van der Waals surface area contributed by atoms with Crippen LogP contribution in [-0.4, -0.2) is 56.1 Å². The van der Waals surface area contributed by atoms with E-state index in [-0.39, 0.29) is 16.8 Å². The molecule has 1 saturated carbocycles. The number of benzene rings is 1. The molecule has 10 heteroatoms. The van der Waals surface area contributed by atoms with Gasteiger partial charge in [0.1, 0.15) is 5.75 Å². The number of thiophene rings is 1. The van der Waals surface area contributed by atoms with Crippen molar-refractivity contribution in [3.8, 4) is 5.75 Å². The average Bonchev–Trinajstić information content (AvgIpc) is 3.30. The van der Waals surface area contributed by atoms with Gasteiger partial charge in [0.2, 0.25) is 15.0 Å². The quantitative estimate of drug-likeness (QED) is 0.375. The van der Waals surface area contributed by atoms with Gasteiger partial charge in [-0.15, -0.1) is 11.3 Å². The van der Waals surface area contributed by atoms with E-state index < -0.39 is 9.84 Å². The molecule has 0 spiro atoms. The molecule has 4 rings (SSSR count). The Morgan fingerprint density at radius 3 is 2.74 bits per heavy atom. The second-order valence-electron chi connectivity index (χ2n) is 8.39. The molecule has 0 aliphatic heterocycles. The van der Waals surface area contributed by atoms with Crippen molar-refractivity contribution in [2.75, 3.05) is 27.4 Å². The number of hydrogen-bond donors (Lipinski definition) is 0. The van der Waals surface area contributed by atoms with Crippen molar-refractivity contribution in [1.82, 2.24) is 14.5 Å². The van der Waals surface area contributed by atoms with E-state index in [0.29, 0.717) is 54.0 Å². The molecule has 1 fully saturated rings. The summed E-state index contributed by atoms with van der Waals surface area (Å²) in [6, 6.07) is 10.7. The number of carbonyl (C=O) groups excluding carboxylic acids is 1. The highest BCUT2D eigenvalue weighted by molar-refractivity contribution is 7.90. The van der Waals surface area contributed by atoms with E-state index in [1.165, 1.54) is 11.3 Å². The number of methoxy groups -OCH3 is 2. The van der Waals surface area contributed by atoms with E-state index in [9.17, 15) is 13.2 Å². The van der Waals surface area contributed by atoms with Crippen LogP contribution in [0.15, 0.2) is 53.1 Å². The lowest BCUT2D eigenvalue weighted by atomic mass is 10.2. The Morgan fingerprint density at radius 1 is 1.24 bits per heavy atom. The molecular formula is C24H29N3O5S2. The lowest BCUT2D eigenvalue weighted by molar-refractivity contribution is 0.0734. The maximum atomic E-state index is 13.3. The Morgan fingerprint density at radius 2 is 2.06 bits per heavy atom. The minimum atomic E-state index is -3.75. The Labute approximate surface area is 204 Å². The summed E-state index contributed by atoms with van der Waals surface area (Å²) in [5.74, 6) is 0.852. The largest absolute Gasteiger partial charge is 0.497 e. The summed E-state index contributed by atoms with van der Waals surface area (Å²) in [5.41, 5.74) is 1.29. The Balaban J connectivity index is 1.62. The highest BCUT2D eigenvalue weighted by Crippen LogP contribution is 2.31. The Kier molecular flexibility index (Phi) is 7.70. The van der Waals surface area contributed by atoms with Crippen LogP contribution in [0.2, 0.25) is 0 Å². The molecule has 3 aromatic rings.